The van der Waals surface area contributed by atoms with E-state index in [2.05, 4.69) is 16.8 Å². The SMILES string of the molecule is CCC(N(C)C)N(c1ccccc1)c1ccncc1[N+](=O)[O-]. The number of benzene rings is 1. The first kappa shape index (κ1) is 15.9. The smallest absolute Gasteiger partial charge is 0.311 e. The number of rotatable bonds is 6. The lowest BCUT2D eigenvalue weighted by molar-refractivity contribution is -0.384. The molecule has 116 valence electrons. The first-order valence-corrected chi connectivity index (χ1v) is 7.15. The molecule has 6 heteroatoms. The predicted octanol–water partition coefficient (Wildman–Crippen LogP) is 3.43. The van der Waals surface area contributed by atoms with Gasteiger partial charge in [0.25, 0.3) is 0 Å². The Hall–Kier alpha value is -2.47. The molecule has 0 aliphatic rings. The molecule has 0 bridgehead atoms. The van der Waals surface area contributed by atoms with E-state index in [1.807, 2.05) is 49.3 Å². The average molecular weight is 300 g/mol. The van der Waals surface area contributed by atoms with E-state index in [0.29, 0.717) is 5.69 Å². The van der Waals surface area contributed by atoms with Crippen molar-refractivity contribution in [1.29, 1.82) is 0 Å². The molecule has 6 nitrogen and oxygen atoms in total. The second-order valence-electron chi connectivity index (χ2n) is 5.18. The zero-order valence-electron chi connectivity index (χ0n) is 13.0. The van der Waals surface area contributed by atoms with Crippen LogP contribution in [-0.4, -0.2) is 35.1 Å². The Bertz CT molecular complexity index is 631. The number of anilines is 2. The summed E-state index contributed by atoms with van der Waals surface area (Å²) in [7, 11) is 3.94. The van der Waals surface area contributed by atoms with Gasteiger partial charge in [-0.05, 0) is 38.7 Å². The molecule has 0 saturated heterocycles. The fraction of sp³-hybridized carbons (Fsp3) is 0.312. The van der Waals surface area contributed by atoms with Crippen molar-refractivity contribution in [2.45, 2.75) is 19.5 Å². The van der Waals surface area contributed by atoms with Crippen LogP contribution < -0.4 is 4.90 Å². The molecule has 2 aromatic rings. The first-order valence-electron chi connectivity index (χ1n) is 7.15. The molecule has 0 amide bonds. The van der Waals surface area contributed by atoms with Crippen molar-refractivity contribution >= 4 is 17.1 Å². The number of hydrogen-bond acceptors (Lipinski definition) is 5. The van der Waals surface area contributed by atoms with Gasteiger partial charge < -0.3 is 4.90 Å². The van der Waals surface area contributed by atoms with Crippen LogP contribution in [0.5, 0.6) is 0 Å². The summed E-state index contributed by atoms with van der Waals surface area (Å²) in [4.78, 5) is 18.9. The van der Waals surface area contributed by atoms with Gasteiger partial charge in [0.05, 0.1) is 11.1 Å². The van der Waals surface area contributed by atoms with Crippen molar-refractivity contribution in [1.82, 2.24) is 9.88 Å². The van der Waals surface area contributed by atoms with Crippen LogP contribution in [0.4, 0.5) is 17.1 Å². The van der Waals surface area contributed by atoms with E-state index in [1.165, 1.54) is 6.20 Å². The third-order valence-corrected chi connectivity index (χ3v) is 3.53. The highest BCUT2D eigenvalue weighted by Crippen LogP contribution is 2.35. The van der Waals surface area contributed by atoms with E-state index < -0.39 is 0 Å². The van der Waals surface area contributed by atoms with Crippen LogP contribution in [0.25, 0.3) is 0 Å². The van der Waals surface area contributed by atoms with Crippen molar-refractivity contribution in [2.24, 2.45) is 0 Å². The molecule has 22 heavy (non-hydrogen) atoms. The van der Waals surface area contributed by atoms with Crippen LogP contribution in [-0.2, 0) is 0 Å². The zero-order valence-corrected chi connectivity index (χ0v) is 13.0. The van der Waals surface area contributed by atoms with Crippen molar-refractivity contribution in [3.05, 3.63) is 58.9 Å². The van der Waals surface area contributed by atoms with Crippen molar-refractivity contribution in [3.8, 4) is 0 Å². The maximum absolute atomic E-state index is 11.4. The molecule has 1 aromatic heterocycles. The Morgan fingerprint density at radius 1 is 1.23 bits per heavy atom. The van der Waals surface area contributed by atoms with Crippen LogP contribution in [0.3, 0.4) is 0 Å². The number of aromatic nitrogens is 1. The van der Waals surface area contributed by atoms with E-state index >= 15 is 0 Å². The lowest BCUT2D eigenvalue weighted by Gasteiger charge is -2.36. The van der Waals surface area contributed by atoms with Crippen LogP contribution >= 0.6 is 0 Å². The van der Waals surface area contributed by atoms with Gasteiger partial charge in [-0.15, -0.1) is 0 Å². The maximum atomic E-state index is 11.4. The highest BCUT2D eigenvalue weighted by molar-refractivity contribution is 5.71. The third kappa shape index (κ3) is 3.23. The number of hydrogen-bond donors (Lipinski definition) is 0. The standard InChI is InChI=1S/C16H20N4O2/c1-4-16(18(2)3)19(13-8-6-5-7-9-13)14-10-11-17-12-15(14)20(21)22/h5-12,16H,4H2,1-3H3. The summed E-state index contributed by atoms with van der Waals surface area (Å²) in [6.07, 6.45) is 3.71. The number of nitrogens with zero attached hydrogens (tertiary/aromatic N) is 4. The second kappa shape index (κ2) is 7.00. The molecule has 0 radical (unpaired) electrons. The van der Waals surface area contributed by atoms with Crippen LogP contribution in [0.1, 0.15) is 13.3 Å². The Morgan fingerprint density at radius 2 is 1.91 bits per heavy atom. The summed E-state index contributed by atoms with van der Waals surface area (Å²) in [6, 6.07) is 11.4. The average Bonchev–Trinajstić information content (AvgIpc) is 2.53. The van der Waals surface area contributed by atoms with Crippen LogP contribution in [0.15, 0.2) is 48.8 Å². The van der Waals surface area contributed by atoms with E-state index in [-0.39, 0.29) is 16.8 Å². The molecule has 0 fully saturated rings. The molecule has 0 saturated carbocycles. The predicted molar refractivity (Wildman–Crippen MR) is 87.2 cm³/mol. The fourth-order valence-corrected chi connectivity index (χ4v) is 2.56. The molecule has 1 unspecified atom stereocenters. The summed E-state index contributed by atoms with van der Waals surface area (Å²) in [5.74, 6) is 0. The number of nitro groups is 1. The van der Waals surface area contributed by atoms with Gasteiger partial charge in [0.2, 0.25) is 0 Å². The summed E-state index contributed by atoms with van der Waals surface area (Å²) >= 11 is 0. The van der Waals surface area contributed by atoms with Gasteiger partial charge in [-0.25, -0.2) is 0 Å². The molecular weight excluding hydrogens is 280 g/mol. The monoisotopic (exact) mass is 300 g/mol. The lowest BCUT2D eigenvalue weighted by Crippen LogP contribution is -2.42. The Labute approximate surface area is 130 Å². The Kier molecular flexibility index (Phi) is 5.06. The maximum Gasteiger partial charge on any atom is 0.311 e. The largest absolute Gasteiger partial charge is 0.319 e. The van der Waals surface area contributed by atoms with Crippen molar-refractivity contribution in [3.63, 3.8) is 0 Å². The van der Waals surface area contributed by atoms with Gasteiger partial charge in [-0.1, -0.05) is 25.1 Å². The van der Waals surface area contributed by atoms with Gasteiger partial charge in [-0.3, -0.25) is 20.0 Å². The van der Waals surface area contributed by atoms with Crippen molar-refractivity contribution < 1.29 is 4.92 Å². The normalized spacial score (nSPS) is 12.2. The van der Waals surface area contributed by atoms with Gasteiger partial charge >= 0.3 is 5.69 Å². The van der Waals surface area contributed by atoms with Gasteiger partial charge in [0.1, 0.15) is 11.9 Å². The molecule has 1 atom stereocenters. The van der Waals surface area contributed by atoms with E-state index in [1.54, 1.807) is 12.3 Å². The van der Waals surface area contributed by atoms with Crippen LogP contribution in [0, 0.1) is 10.1 Å². The summed E-state index contributed by atoms with van der Waals surface area (Å²) in [6.45, 7) is 2.06. The van der Waals surface area contributed by atoms with Gasteiger partial charge in [-0.2, -0.15) is 0 Å². The highest BCUT2D eigenvalue weighted by atomic mass is 16.6. The summed E-state index contributed by atoms with van der Waals surface area (Å²) in [5.41, 5.74) is 1.47. The van der Waals surface area contributed by atoms with E-state index in [4.69, 9.17) is 0 Å². The highest BCUT2D eigenvalue weighted by Gasteiger charge is 2.27. The molecule has 1 heterocycles. The molecule has 2 rings (SSSR count). The second-order valence-corrected chi connectivity index (χ2v) is 5.18. The van der Waals surface area contributed by atoms with Crippen molar-refractivity contribution in [2.75, 3.05) is 19.0 Å². The molecule has 1 aromatic carbocycles. The molecule has 0 N–H and O–H groups in total. The number of pyridine rings is 1. The minimum atomic E-state index is -0.388. The minimum absolute atomic E-state index is 0.00324. The summed E-state index contributed by atoms with van der Waals surface area (Å²) < 4.78 is 0. The Balaban J connectivity index is 2.62. The zero-order chi connectivity index (χ0) is 16.1. The topological polar surface area (TPSA) is 62.5 Å². The number of para-hydroxylation sites is 1. The van der Waals surface area contributed by atoms with Crippen LogP contribution in [0.2, 0.25) is 0 Å². The molecule has 0 aliphatic heterocycles. The molecular formula is C16H20N4O2. The summed E-state index contributed by atoms with van der Waals surface area (Å²) in [5, 5.41) is 11.4. The molecule has 0 spiro atoms. The fourth-order valence-electron chi connectivity index (χ4n) is 2.56. The Morgan fingerprint density at radius 3 is 2.45 bits per heavy atom. The first-order chi connectivity index (χ1) is 10.6. The third-order valence-electron chi connectivity index (χ3n) is 3.53. The minimum Gasteiger partial charge on any atom is -0.319 e. The van der Waals surface area contributed by atoms with Gasteiger partial charge in [0.15, 0.2) is 0 Å². The van der Waals surface area contributed by atoms with E-state index in [0.717, 1.165) is 12.1 Å². The molecule has 0 aliphatic carbocycles. The quantitative estimate of drug-likeness (QED) is 0.464. The lowest BCUT2D eigenvalue weighted by atomic mass is 10.2. The van der Waals surface area contributed by atoms with Gasteiger partial charge in [0, 0.05) is 11.9 Å². The van der Waals surface area contributed by atoms with E-state index in [9.17, 15) is 10.1 Å².